The molecule has 272 valence electrons. The predicted molar refractivity (Wildman–Crippen MR) is 174 cm³/mol. The second-order valence-corrected chi connectivity index (χ2v) is 11.7. The molecule has 1 aromatic rings. The van der Waals surface area contributed by atoms with Gasteiger partial charge in [-0.25, -0.2) is 4.79 Å². The van der Waals surface area contributed by atoms with Crippen molar-refractivity contribution in [3.63, 3.8) is 0 Å². The summed E-state index contributed by atoms with van der Waals surface area (Å²) in [5.41, 5.74) is 17.1. The molecule has 0 saturated heterocycles. The Morgan fingerprint density at radius 2 is 1.27 bits per heavy atom. The van der Waals surface area contributed by atoms with Crippen molar-refractivity contribution in [2.24, 2.45) is 28.1 Å². The molecule has 0 fully saturated rings. The van der Waals surface area contributed by atoms with Gasteiger partial charge in [-0.3, -0.25) is 33.8 Å². The molecule has 14 N–H and O–H groups in total. The quantitative estimate of drug-likeness (QED) is 0.0346. The van der Waals surface area contributed by atoms with E-state index in [2.05, 4.69) is 26.3 Å². The van der Waals surface area contributed by atoms with Crippen molar-refractivity contribution in [3.05, 3.63) is 29.8 Å². The fourth-order valence-electron chi connectivity index (χ4n) is 4.43. The van der Waals surface area contributed by atoms with Crippen molar-refractivity contribution in [1.82, 2.24) is 21.3 Å². The number of carbonyl (C=O) groups excluding carboxylic acids is 4. The van der Waals surface area contributed by atoms with Gasteiger partial charge in [-0.15, -0.1) is 0 Å². The molecule has 1 rings (SSSR count). The first-order valence-electron chi connectivity index (χ1n) is 15.4. The van der Waals surface area contributed by atoms with E-state index in [0.29, 0.717) is 5.56 Å². The maximum Gasteiger partial charge on any atom is 0.326 e. The second-order valence-electron chi connectivity index (χ2n) is 11.7. The Bertz CT molecular complexity index is 1350. The zero-order valence-electron chi connectivity index (χ0n) is 27.3. The number of carboxylic acids is 3. The van der Waals surface area contributed by atoms with E-state index in [0.717, 1.165) is 0 Å². The minimum Gasteiger partial charge on any atom is -0.508 e. The molecule has 1 aromatic carbocycles. The number of nitrogens with one attached hydrogen (secondary N) is 4. The number of phenolic OH excluding ortho intramolecular Hbond substituents is 1. The standard InChI is InChI=1S/C30H46N8O11/c1-15(2)12-20(27(46)38-22(29(48)49)14-24(42)43)37-26(45)19(4-3-11-34-30(32)33)35-28(47)21(13-16-5-7-17(39)8-6-16)36-25(44)18(31)9-10-23(40)41/h5-8,15,18-22,39H,3-4,9-14,31H2,1-2H3,(H,35,47)(H,36,44)(H,37,45)(H,38,46)(H,40,41)(H,42,43)(H,48,49)(H4,32,33,34)/t18-,19-,20-,21-,22-/m0/s1. The van der Waals surface area contributed by atoms with Gasteiger partial charge in [0, 0.05) is 19.4 Å². The lowest BCUT2D eigenvalue weighted by Crippen LogP contribution is -2.59. The molecule has 0 aromatic heterocycles. The molecule has 19 nitrogen and oxygen atoms in total. The van der Waals surface area contributed by atoms with Gasteiger partial charge in [-0.2, -0.15) is 0 Å². The average Bonchev–Trinajstić information content (AvgIpc) is 3.00. The van der Waals surface area contributed by atoms with Crippen molar-refractivity contribution in [2.75, 3.05) is 6.54 Å². The number of amides is 4. The molecular formula is C30H46N8O11. The highest BCUT2D eigenvalue weighted by Crippen LogP contribution is 2.13. The number of rotatable bonds is 22. The lowest BCUT2D eigenvalue weighted by Gasteiger charge is -2.27. The Hall–Kier alpha value is -5.46. The Kier molecular flexibility index (Phi) is 17.6. The first kappa shape index (κ1) is 41.6. The number of guanidine groups is 1. The number of carboxylic acid groups (broad SMARTS) is 3. The van der Waals surface area contributed by atoms with Crippen molar-refractivity contribution in [2.45, 2.75) is 89.0 Å². The molecule has 0 radical (unpaired) electrons. The zero-order chi connectivity index (χ0) is 37.3. The van der Waals surface area contributed by atoms with Crippen LogP contribution in [0.4, 0.5) is 0 Å². The summed E-state index contributed by atoms with van der Waals surface area (Å²) >= 11 is 0. The van der Waals surface area contributed by atoms with Crippen LogP contribution < -0.4 is 38.5 Å². The number of nitrogens with two attached hydrogens (primary N) is 3. The number of phenols is 1. The van der Waals surface area contributed by atoms with Crippen LogP contribution in [0, 0.1) is 5.92 Å². The lowest BCUT2D eigenvalue weighted by atomic mass is 10.0. The molecule has 4 amide bonds. The van der Waals surface area contributed by atoms with E-state index in [4.69, 9.17) is 27.4 Å². The zero-order valence-corrected chi connectivity index (χ0v) is 27.3. The number of nitrogens with zero attached hydrogens (tertiary/aromatic N) is 1. The van der Waals surface area contributed by atoms with Gasteiger partial charge in [0.1, 0.15) is 29.9 Å². The van der Waals surface area contributed by atoms with Crippen molar-refractivity contribution in [3.8, 4) is 5.75 Å². The van der Waals surface area contributed by atoms with Crippen LogP contribution in [0.3, 0.4) is 0 Å². The molecule has 0 unspecified atom stereocenters. The highest BCUT2D eigenvalue weighted by Gasteiger charge is 2.32. The summed E-state index contributed by atoms with van der Waals surface area (Å²) in [4.78, 5) is 90.6. The van der Waals surface area contributed by atoms with E-state index < -0.39 is 84.6 Å². The largest absolute Gasteiger partial charge is 0.508 e. The summed E-state index contributed by atoms with van der Waals surface area (Å²) in [6, 6.07) is -1.38. The van der Waals surface area contributed by atoms with Gasteiger partial charge in [-0.05, 0) is 49.3 Å². The Balaban J connectivity index is 3.34. The number of benzene rings is 1. The summed E-state index contributed by atoms with van der Waals surface area (Å²) in [5, 5.41) is 46.6. The Morgan fingerprint density at radius 1 is 0.735 bits per heavy atom. The molecule has 0 bridgehead atoms. The Labute approximate surface area is 282 Å². The van der Waals surface area contributed by atoms with Crippen molar-refractivity contribution in [1.29, 1.82) is 0 Å². The second kappa shape index (κ2) is 20.7. The maximum absolute atomic E-state index is 13.7. The van der Waals surface area contributed by atoms with Gasteiger partial charge in [0.2, 0.25) is 23.6 Å². The topological polar surface area (TPSA) is 339 Å². The highest BCUT2D eigenvalue weighted by molar-refractivity contribution is 5.96. The van der Waals surface area contributed by atoms with Crippen LogP contribution >= 0.6 is 0 Å². The van der Waals surface area contributed by atoms with E-state index >= 15 is 0 Å². The molecule has 5 atom stereocenters. The molecule has 49 heavy (non-hydrogen) atoms. The van der Waals surface area contributed by atoms with Crippen LogP contribution in [0.25, 0.3) is 0 Å². The van der Waals surface area contributed by atoms with Crippen LogP contribution in [-0.4, -0.2) is 105 Å². The van der Waals surface area contributed by atoms with Crippen LogP contribution in [0.2, 0.25) is 0 Å². The normalized spacial score (nSPS) is 13.9. The smallest absolute Gasteiger partial charge is 0.326 e. The Morgan fingerprint density at radius 3 is 1.80 bits per heavy atom. The molecule has 0 aliphatic carbocycles. The molecule has 0 aliphatic heterocycles. The molecule has 0 spiro atoms. The monoisotopic (exact) mass is 694 g/mol. The number of hydrogen-bond donors (Lipinski definition) is 11. The summed E-state index contributed by atoms with van der Waals surface area (Å²) in [6.07, 6.45) is -1.58. The molecule has 19 heteroatoms. The van der Waals surface area contributed by atoms with Crippen molar-refractivity contribution < 1.29 is 54.0 Å². The van der Waals surface area contributed by atoms with E-state index in [1.165, 1.54) is 24.3 Å². The summed E-state index contributed by atoms with van der Waals surface area (Å²) < 4.78 is 0. The van der Waals surface area contributed by atoms with Gasteiger partial charge in [0.05, 0.1) is 12.5 Å². The fraction of sp³-hybridized carbons (Fsp3) is 0.533. The van der Waals surface area contributed by atoms with E-state index in [-0.39, 0.29) is 56.3 Å². The average molecular weight is 695 g/mol. The van der Waals surface area contributed by atoms with Gasteiger partial charge < -0.3 is 58.9 Å². The third-order valence-electron chi connectivity index (χ3n) is 6.93. The van der Waals surface area contributed by atoms with Crippen LogP contribution in [0.5, 0.6) is 5.75 Å². The first-order chi connectivity index (χ1) is 22.9. The fourth-order valence-corrected chi connectivity index (χ4v) is 4.43. The summed E-state index contributed by atoms with van der Waals surface area (Å²) in [5.74, 6) is -8.25. The number of carbonyl (C=O) groups is 7. The molecule has 0 heterocycles. The number of hydrogen-bond acceptors (Lipinski definition) is 10. The highest BCUT2D eigenvalue weighted by atomic mass is 16.4. The van der Waals surface area contributed by atoms with Gasteiger partial charge >= 0.3 is 17.9 Å². The minimum atomic E-state index is -1.78. The van der Waals surface area contributed by atoms with Crippen LogP contribution in [0.15, 0.2) is 29.3 Å². The molecule has 0 saturated carbocycles. The lowest BCUT2D eigenvalue weighted by molar-refractivity contribution is -0.147. The van der Waals surface area contributed by atoms with Gasteiger partial charge in [0.25, 0.3) is 0 Å². The first-order valence-corrected chi connectivity index (χ1v) is 15.4. The van der Waals surface area contributed by atoms with Gasteiger partial charge in [0.15, 0.2) is 5.96 Å². The van der Waals surface area contributed by atoms with Gasteiger partial charge in [-0.1, -0.05) is 26.0 Å². The maximum atomic E-state index is 13.7. The molecule has 0 aliphatic rings. The third-order valence-corrected chi connectivity index (χ3v) is 6.93. The summed E-state index contributed by atoms with van der Waals surface area (Å²) in [6.45, 7) is 3.51. The van der Waals surface area contributed by atoms with Crippen molar-refractivity contribution >= 4 is 47.5 Å². The van der Waals surface area contributed by atoms with Crippen LogP contribution in [-0.2, 0) is 40.0 Å². The molecular weight excluding hydrogens is 648 g/mol. The number of aliphatic imine (C=N–C) groups is 1. The van der Waals surface area contributed by atoms with Crippen LogP contribution in [0.1, 0.15) is 57.9 Å². The number of aliphatic carboxylic acids is 3. The summed E-state index contributed by atoms with van der Waals surface area (Å²) in [7, 11) is 0. The minimum absolute atomic E-state index is 0.0133. The SMILES string of the molecule is CC(C)C[C@H](NC(=O)[C@H](CCCN=C(N)N)NC(=O)[C@H](Cc1ccc(O)cc1)NC(=O)[C@@H](N)CCC(=O)O)C(=O)N[C@@H](CC(=O)O)C(=O)O. The van der Waals surface area contributed by atoms with E-state index in [9.17, 15) is 43.8 Å². The van der Waals surface area contributed by atoms with E-state index in [1.54, 1.807) is 13.8 Å². The third kappa shape index (κ3) is 16.8. The van der Waals surface area contributed by atoms with E-state index in [1.807, 2.05) is 0 Å². The number of aromatic hydroxyl groups is 1. The predicted octanol–water partition coefficient (Wildman–Crippen LogP) is -2.27.